The number of carbonyl (C=O) groups is 1. The van der Waals surface area contributed by atoms with Crippen LogP contribution in [0.25, 0.3) is 6.08 Å². The SMILES string of the molecule is CC(CCCc1ccc2c(c1)C(C)(C)C1=[N+]2CCC2Oc3cc(N(C)CC(=O)O)ccc3C=C12)S(=O)(=O)[O-]. The summed E-state index contributed by atoms with van der Waals surface area (Å²) in [6, 6.07) is 12.3. The third-order valence-corrected chi connectivity index (χ3v) is 9.30. The average Bonchev–Trinajstić information content (AvgIpc) is 3.08. The van der Waals surface area contributed by atoms with Crippen molar-refractivity contribution in [1.29, 1.82) is 0 Å². The second-order valence-electron chi connectivity index (χ2n) is 11.1. The Labute approximate surface area is 224 Å². The van der Waals surface area contributed by atoms with Crippen molar-refractivity contribution in [2.24, 2.45) is 0 Å². The van der Waals surface area contributed by atoms with Crippen molar-refractivity contribution in [3.05, 3.63) is 58.7 Å². The van der Waals surface area contributed by atoms with Crippen LogP contribution in [0.4, 0.5) is 11.4 Å². The average molecular weight is 539 g/mol. The van der Waals surface area contributed by atoms with E-state index in [1.807, 2.05) is 18.2 Å². The molecule has 0 radical (unpaired) electrons. The molecule has 0 bridgehead atoms. The molecule has 0 saturated heterocycles. The van der Waals surface area contributed by atoms with Crippen LogP contribution in [0.2, 0.25) is 0 Å². The number of likely N-dealkylation sites (N-methyl/N-ethyl adjacent to an activating group) is 1. The van der Waals surface area contributed by atoms with Crippen LogP contribution in [0.1, 0.15) is 56.7 Å². The minimum Gasteiger partial charge on any atom is -0.748 e. The van der Waals surface area contributed by atoms with Crippen LogP contribution in [0.3, 0.4) is 0 Å². The van der Waals surface area contributed by atoms with Gasteiger partial charge < -0.3 is 19.3 Å². The fourth-order valence-corrected chi connectivity index (χ4v) is 6.44. The van der Waals surface area contributed by atoms with Gasteiger partial charge in [-0.05, 0) is 69.9 Å². The summed E-state index contributed by atoms with van der Waals surface area (Å²) >= 11 is 0. The molecule has 5 rings (SSSR count). The zero-order chi connectivity index (χ0) is 27.4. The van der Waals surface area contributed by atoms with Gasteiger partial charge in [0.25, 0.3) is 0 Å². The molecule has 0 fully saturated rings. The molecule has 2 unspecified atom stereocenters. The first-order valence-electron chi connectivity index (χ1n) is 13.0. The molecule has 202 valence electrons. The van der Waals surface area contributed by atoms with Crippen LogP contribution >= 0.6 is 0 Å². The molecule has 1 N–H and O–H groups in total. The number of carboxylic acid groups (broad SMARTS) is 1. The van der Waals surface area contributed by atoms with E-state index in [0.29, 0.717) is 12.8 Å². The molecular weight excluding hydrogens is 504 g/mol. The lowest BCUT2D eigenvalue weighted by atomic mass is 9.75. The van der Waals surface area contributed by atoms with Gasteiger partial charge in [0, 0.05) is 47.7 Å². The number of hydrogen-bond acceptors (Lipinski definition) is 6. The second-order valence-corrected chi connectivity index (χ2v) is 12.9. The summed E-state index contributed by atoms with van der Waals surface area (Å²) in [4.78, 5) is 12.8. The van der Waals surface area contributed by atoms with Gasteiger partial charge in [-0.15, -0.1) is 0 Å². The Morgan fingerprint density at radius 2 is 2.03 bits per heavy atom. The Balaban J connectivity index is 1.41. The normalized spacial score (nSPS) is 19.9. The maximum absolute atomic E-state index is 11.2. The van der Waals surface area contributed by atoms with E-state index in [9.17, 15) is 17.8 Å². The number of aliphatic carboxylic acids is 1. The van der Waals surface area contributed by atoms with E-state index in [1.54, 1.807) is 11.9 Å². The molecule has 2 aromatic rings. The topological polar surface area (TPSA) is 110 Å². The lowest BCUT2D eigenvalue weighted by Crippen LogP contribution is -2.42. The number of benzene rings is 2. The third kappa shape index (κ3) is 4.73. The lowest BCUT2D eigenvalue weighted by Gasteiger charge is -2.32. The highest BCUT2D eigenvalue weighted by atomic mass is 32.2. The molecule has 0 spiro atoms. The molecular formula is C29H34N2O6S. The van der Waals surface area contributed by atoms with Gasteiger partial charge >= 0.3 is 5.97 Å². The third-order valence-electron chi connectivity index (χ3n) is 8.08. The van der Waals surface area contributed by atoms with Gasteiger partial charge in [-0.25, -0.2) is 8.42 Å². The van der Waals surface area contributed by atoms with E-state index in [2.05, 4.69) is 42.7 Å². The highest BCUT2D eigenvalue weighted by Crippen LogP contribution is 2.47. The molecule has 0 amide bonds. The van der Waals surface area contributed by atoms with Crippen LogP contribution in [0.15, 0.2) is 42.0 Å². The minimum absolute atomic E-state index is 0.0719. The zero-order valence-electron chi connectivity index (χ0n) is 22.2. The highest BCUT2D eigenvalue weighted by molar-refractivity contribution is 7.86. The molecule has 38 heavy (non-hydrogen) atoms. The summed E-state index contributed by atoms with van der Waals surface area (Å²) in [5.74, 6) is -0.110. The van der Waals surface area contributed by atoms with E-state index in [1.165, 1.54) is 29.5 Å². The maximum atomic E-state index is 11.2. The second kappa shape index (κ2) is 9.54. The van der Waals surface area contributed by atoms with Gasteiger partial charge in [-0.1, -0.05) is 6.07 Å². The Morgan fingerprint density at radius 1 is 1.26 bits per heavy atom. The maximum Gasteiger partial charge on any atom is 0.323 e. The number of fused-ring (bicyclic) bond motifs is 5. The van der Waals surface area contributed by atoms with Gasteiger partial charge in [-0.3, -0.25) is 4.79 Å². The summed E-state index contributed by atoms with van der Waals surface area (Å²) in [6.07, 6.45) is 4.70. The minimum atomic E-state index is -4.25. The van der Waals surface area contributed by atoms with Gasteiger partial charge in [0.15, 0.2) is 12.3 Å². The van der Waals surface area contributed by atoms with Crippen molar-refractivity contribution in [3.8, 4) is 5.75 Å². The monoisotopic (exact) mass is 538 g/mol. The fraction of sp³-hybridized carbons (Fsp3) is 0.448. The quantitative estimate of drug-likeness (QED) is 0.398. The Kier molecular flexibility index (Phi) is 6.64. The molecule has 2 aromatic carbocycles. The van der Waals surface area contributed by atoms with Gasteiger partial charge in [0.05, 0.1) is 21.1 Å². The first kappa shape index (κ1) is 26.4. The number of anilines is 1. The molecule has 2 atom stereocenters. The fourth-order valence-electron chi connectivity index (χ4n) is 5.98. The predicted molar refractivity (Wildman–Crippen MR) is 146 cm³/mol. The van der Waals surface area contributed by atoms with Crippen molar-refractivity contribution in [3.63, 3.8) is 0 Å². The molecule has 8 nitrogen and oxygen atoms in total. The van der Waals surface area contributed by atoms with Crippen LogP contribution in [-0.2, 0) is 26.7 Å². The molecule has 3 aliphatic rings. The highest BCUT2D eigenvalue weighted by Gasteiger charge is 2.52. The summed E-state index contributed by atoms with van der Waals surface area (Å²) in [5, 5.41) is 8.27. The lowest BCUT2D eigenvalue weighted by molar-refractivity contribution is -0.444. The van der Waals surface area contributed by atoms with E-state index >= 15 is 0 Å². The van der Waals surface area contributed by atoms with E-state index in [-0.39, 0.29) is 18.1 Å². The van der Waals surface area contributed by atoms with Crippen molar-refractivity contribution in [1.82, 2.24) is 0 Å². The number of rotatable bonds is 8. The summed E-state index contributed by atoms with van der Waals surface area (Å²) in [6.45, 7) is 6.70. The van der Waals surface area contributed by atoms with Crippen LogP contribution < -0.4 is 9.64 Å². The number of hydrogen-bond donors (Lipinski definition) is 1. The van der Waals surface area contributed by atoms with Crippen molar-refractivity contribution in [2.45, 2.75) is 63.2 Å². The number of carboxylic acids is 1. The van der Waals surface area contributed by atoms with Crippen molar-refractivity contribution < 1.29 is 32.2 Å². The molecule has 3 aliphatic heterocycles. The Morgan fingerprint density at radius 3 is 2.74 bits per heavy atom. The molecule has 0 saturated carbocycles. The Bertz CT molecular complexity index is 1470. The van der Waals surface area contributed by atoms with Crippen LogP contribution in [-0.4, -0.2) is 65.8 Å². The predicted octanol–water partition coefficient (Wildman–Crippen LogP) is 4.09. The van der Waals surface area contributed by atoms with E-state index in [0.717, 1.165) is 42.0 Å². The van der Waals surface area contributed by atoms with Crippen molar-refractivity contribution >= 4 is 39.2 Å². The number of aryl methyl sites for hydroxylation is 1. The van der Waals surface area contributed by atoms with E-state index in [4.69, 9.17) is 9.84 Å². The largest absolute Gasteiger partial charge is 0.748 e. The van der Waals surface area contributed by atoms with Gasteiger partial charge in [-0.2, -0.15) is 4.58 Å². The molecule has 9 heteroatoms. The van der Waals surface area contributed by atoms with Gasteiger partial charge in [0.2, 0.25) is 5.69 Å². The molecule has 0 aliphatic carbocycles. The number of nitrogens with zero attached hydrogens (tertiary/aromatic N) is 2. The number of ether oxygens (including phenoxy) is 1. The summed E-state index contributed by atoms with van der Waals surface area (Å²) in [7, 11) is -2.49. The van der Waals surface area contributed by atoms with Crippen molar-refractivity contribution in [2.75, 3.05) is 25.0 Å². The Hall–Kier alpha value is -3.17. The van der Waals surface area contributed by atoms with E-state index < -0.39 is 21.3 Å². The summed E-state index contributed by atoms with van der Waals surface area (Å²) < 4.78 is 42.6. The first-order chi connectivity index (χ1) is 17.9. The molecule has 0 aromatic heterocycles. The van der Waals surface area contributed by atoms with Gasteiger partial charge in [0.1, 0.15) is 18.4 Å². The van der Waals surface area contributed by atoms with Crippen LogP contribution in [0, 0.1) is 0 Å². The zero-order valence-corrected chi connectivity index (χ0v) is 23.0. The first-order valence-corrected chi connectivity index (χ1v) is 14.5. The molecule has 3 heterocycles. The van der Waals surface area contributed by atoms with Crippen LogP contribution in [0.5, 0.6) is 5.75 Å². The summed E-state index contributed by atoms with van der Waals surface area (Å²) in [5.41, 5.74) is 7.53. The standard InChI is InChI=1S/C29H34N2O6S/c1-18(38(34,35)36)6-5-7-19-8-11-24-23(14-19)29(2,3)28-22-15-20-9-10-21(30(4)17-27(32)33)16-26(20)37-25(22)12-13-31(24)28/h8-11,14-16,18,25H,5-7,12-13,17H2,1-4H3,(H-,32,33,34,35,36). The smallest absolute Gasteiger partial charge is 0.323 e.